The van der Waals surface area contributed by atoms with Gasteiger partial charge in [0.1, 0.15) is 11.6 Å². The molecule has 3 rings (SSSR count). The first-order valence-electron chi connectivity index (χ1n) is 7.67. The van der Waals surface area contributed by atoms with Gasteiger partial charge >= 0.3 is 0 Å². The third kappa shape index (κ3) is 4.16. The highest BCUT2D eigenvalue weighted by Crippen LogP contribution is 2.18. The van der Waals surface area contributed by atoms with Crippen LogP contribution in [-0.4, -0.2) is 4.98 Å². The Morgan fingerprint density at radius 2 is 1.43 bits per heavy atom. The summed E-state index contributed by atoms with van der Waals surface area (Å²) in [4.78, 5) is 6.65. The lowest BCUT2D eigenvalue weighted by atomic mass is 10.1. The molecule has 0 bridgehead atoms. The van der Waals surface area contributed by atoms with Gasteiger partial charge in [-0.15, -0.1) is 0 Å². The van der Waals surface area contributed by atoms with Crippen molar-refractivity contribution in [2.45, 2.75) is 20.0 Å². The van der Waals surface area contributed by atoms with E-state index in [1.807, 2.05) is 30.3 Å². The Bertz CT molecular complexity index is 689. The van der Waals surface area contributed by atoms with Crippen LogP contribution in [0.3, 0.4) is 0 Å². The standard InChI is InChI=1S/C20H19FN2/c1-16-5-7-17(8-6-16)14-23(20-4-2-3-13-22-20)15-18-9-11-19(21)12-10-18/h2-13H,14-15H2,1H3. The molecule has 3 aromatic rings. The van der Waals surface area contributed by atoms with Gasteiger partial charge in [-0.3, -0.25) is 0 Å². The molecule has 0 unspecified atom stereocenters. The van der Waals surface area contributed by atoms with Crippen LogP contribution in [0, 0.1) is 12.7 Å². The molecular formula is C20H19FN2. The first-order valence-corrected chi connectivity index (χ1v) is 7.67. The van der Waals surface area contributed by atoms with Crippen molar-refractivity contribution in [1.29, 1.82) is 0 Å². The molecule has 23 heavy (non-hydrogen) atoms. The maximum absolute atomic E-state index is 13.1. The SMILES string of the molecule is Cc1ccc(CN(Cc2ccc(F)cc2)c2ccccn2)cc1. The lowest BCUT2D eigenvalue weighted by Gasteiger charge is -2.24. The van der Waals surface area contributed by atoms with Crippen LogP contribution in [0.25, 0.3) is 0 Å². The van der Waals surface area contributed by atoms with E-state index in [2.05, 4.69) is 41.1 Å². The molecule has 0 amide bonds. The average Bonchev–Trinajstić information content (AvgIpc) is 2.59. The number of aryl methyl sites for hydroxylation is 1. The predicted molar refractivity (Wildman–Crippen MR) is 91.7 cm³/mol. The number of halogens is 1. The quantitative estimate of drug-likeness (QED) is 0.677. The van der Waals surface area contributed by atoms with Gasteiger partial charge in [-0.25, -0.2) is 9.37 Å². The Morgan fingerprint density at radius 3 is 2.00 bits per heavy atom. The second-order valence-electron chi connectivity index (χ2n) is 5.66. The first-order chi connectivity index (χ1) is 11.2. The number of nitrogens with zero attached hydrogens (tertiary/aromatic N) is 2. The van der Waals surface area contributed by atoms with Gasteiger partial charge in [0.05, 0.1) is 0 Å². The lowest BCUT2D eigenvalue weighted by molar-refractivity contribution is 0.626. The van der Waals surface area contributed by atoms with Crippen LogP contribution in [0.15, 0.2) is 72.9 Å². The highest BCUT2D eigenvalue weighted by atomic mass is 19.1. The maximum Gasteiger partial charge on any atom is 0.129 e. The number of rotatable bonds is 5. The Kier molecular flexibility index (Phi) is 4.67. The fraction of sp³-hybridized carbons (Fsp3) is 0.150. The normalized spacial score (nSPS) is 10.5. The van der Waals surface area contributed by atoms with E-state index in [-0.39, 0.29) is 5.82 Å². The van der Waals surface area contributed by atoms with Crippen LogP contribution in [0.5, 0.6) is 0 Å². The molecule has 0 saturated heterocycles. The van der Waals surface area contributed by atoms with Crippen LogP contribution >= 0.6 is 0 Å². The van der Waals surface area contributed by atoms with Gasteiger partial charge in [-0.1, -0.05) is 48.0 Å². The minimum atomic E-state index is -0.211. The Hall–Kier alpha value is -2.68. The number of aromatic nitrogens is 1. The molecule has 116 valence electrons. The molecule has 0 N–H and O–H groups in total. The third-order valence-electron chi connectivity index (χ3n) is 3.75. The minimum absolute atomic E-state index is 0.211. The van der Waals surface area contributed by atoms with E-state index in [1.165, 1.54) is 23.3 Å². The number of benzene rings is 2. The monoisotopic (exact) mass is 306 g/mol. The topological polar surface area (TPSA) is 16.1 Å². The van der Waals surface area contributed by atoms with E-state index in [0.717, 1.165) is 17.9 Å². The minimum Gasteiger partial charge on any atom is -0.348 e. The van der Waals surface area contributed by atoms with Gasteiger partial charge in [0.2, 0.25) is 0 Å². The van der Waals surface area contributed by atoms with Gasteiger partial charge in [-0.2, -0.15) is 0 Å². The van der Waals surface area contributed by atoms with E-state index in [0.29, 0.717) is 6.54 Å². The van der Waals surface area contributed by atoms with Crippen LogP contribution in [0.4, 0.5) is 10.2 Å². The van der Waals surface area contributed by atoms with Crippen molar-refractivity contribution in [2.24, 2.45) is 0 Å². The summed E-state index contributed by atoms with van der Waals surface area (Å²) in [7, 11) is 0. The smallest absolute Gasteiger partial charge is 0.129 e. The number of anilines is 1. The van der Waals surface area contributed by atoms with Gasteiger partial charge in [0, 0.05) is 19.3 Å². The van der Waals surface area contributed by atoms with Crippen molar-refractivity contribution in [3.8, 4) is 0 Å². The Labute approximate surface area is 136 Å². The Morgan fingerprint density at radius 1 is 0.826 bits per heavy atom. The zero-order chi connectivity index (χ0) is 16.1. The molecule has 1 aromatic heterocycles. The average molecular weight is 306 g/mol. The number of hydrogen-bond acceptors (Lipinski definition) is 2. The largest absolute Gasteiger partial charge is 0.348 e. The predicted octanol–water partition coefficient (Wildman–Crippen LogP) is 4.74. The van der Waals surface area contributed by atoms with Gasteiger partial charge < -0.3 is 4.90 Å². The van der Waals surface area contributed by atoms with E-state index in [4.69, 9.17) is 0 Å². The van der Waals surface area contributed by atoms with Crippen LogP contribution in [0.1, 0.15) is 16.7 Å². The fourth-order valence-corrected chi connectivity index (χ4v) is 2.48. The molecule has 0 radical (unpaired) electrons. The summed E-state index contributed by atoms with van der Waals surface area (Å²) in [6, 6.07) is 21.0. The summed E-state index contributed by atoms with van der Waals surface area (Å²) in [5.74, 6) is 0.703. The molecule has 1 heterocycles. The molecule has 2 nitrogen and oxygen atoms in total. The van der Waals surface area contributed by atoms with Crippen LogP contribution < -0.4 is 4.90 Å². The van der Waals surface area contributed by atoms with Crippen molar-refractivity contribution in [3.05, 3.63) is 95.4 Å². The highest BCUT2D eigenvalue weighted by molar-refractivity contribution is 5.40. The highest BCUT2D eigenvalue weighted by Gasteiger charge is 2.09. The molecule has 0 aliphatic heterocycles. The van der Waals surface area contributed by atoms with Crippen molar-refractivity contribution in [2.75, 3.05) is 4.90 Å². The molecule has 2 aromatic carbocycles. The van der Waals surface area contributed by atoms with E-state index >= 15 is 0 Å². The summed E-state index contributed by atoms with van der Waals surface area (Å²) in [5, 5.41) is 0. The number of hydrogen-bond donors (Lipinski definition) is 0. The fourth-order valence-electron chi connectivity index (χ4n) is 2.48. The first kappa shape index (κ1) is 15.2. The van der Waals surface area contributed by atoms with Gasteiger partial charge in [0.15, 0.2) is 0 Å². The summed E-state index contributed by atoms with van der Waals surface area (Å²) in [6.45, 7) is 3.53. The molecule has 0 aliphatic carbocycles. The zero-order valence-corrected chi connectivity index (χ0v) is 13.1. The van der Waals surface area contributed by atoms with E-state index in [9.17, 15) is 4.39 Å². The van der Waals surface area contributed by atoms with Crippen molar-refractivity contribution < 1.29 is 4.39 Å². The molecule has 0 saturated carbocycles. The molecule has 0 spiro atoms. The molecule has 0 fully saturated rings. The molecule has 0 aliphatic rings. The van der Waals surface area contributed by atoms with Crippen molar-refractivity contribution in [3.63, 3.8) is 0 Å². The number of pyridine rings is 1. The lowest BCUT2D eigenvalue weighted by Crippen LogP contribution is -2.23. The summed E-state index contributed by atoms with van der Waals surface area (Å²) in [6.07, 6.45) is 1.79. The second kappa shape index (κ2) is 7.05. The van der Waals surface area contributed by atoms with Crippen molar-refractivity contribution in [1.82, 2.24) is 4.98 Å². The zero-order valence-electron chi connectivity index (χ0n) is 13.1. The van der Waals surface area contributed by atoms with E-state index in [1.54, 1.807) is 6.20 Å². The third-order valence-corrected chi connectivity index (χ3v) is 3.75. The summed E-state index contributed by atoms with van der Waals surface area (Å²) < 4.78 is 13.1. The summed E-state index contributed by atoms with van der Waals surface area (Å²) >= 11 is 0. The van der Waals surface area contributed by atoms with Gasteiger partial charge in [0.25, 0.3) is 0 Å². The Balaban J connectivity index is 1.84. The van der Waals surface area contributed by atoms with Crippen LogP contribution in [-0.2, 0) is 13.1 Å². The van der Waals surface area contributed by atoms with Crippen molar-refractivity contribution >= 4 is 5.82 Å². The summed E-state index contributed by atoms with van der Waals surface area (Å²) in [5.41, 5.74) is 3.53. The molecule has 3 heteroatoms. The van der Waals surface area contributed by atoms with E-state index < -0.39 is 0 Å². The van der Waals surface area contributed by atoms with Gasteiger partial charge in [-0.05, 0) is 42.3 Å². The second-order valence-corrected chi connectivity index (χ2v) is 5.66. The van der Waals surface area contributed by atoms with Crippen LogP contribution in [0.2, 0.25) is 0 Å². The maximum atomic E-state index is 13.1. The molecule has 0 atom stereocenters. The molecular weight excluding hydrogens is 287 g/mol.